The first-order valence-corrected chi connectivity index (χ1v) is 6.89. The van der Waals surface area contributed by atoms with E-state index in [0.29, 0.717) is 5.69 Å². The van der Waals surface area contributed by atoms with Gasteiger partial charge in [0.25, 0.3) is 5.69 Å². The molecule has 21 heavy (non-hydrogen) atoms. The van der Waals surface area contributed by atoms with Gasteiger partial charge < -0.3 is 15.5 Å². The van der Waals surface area contributed by atoms with E-state index in [1.165, 1.54) is 23.5 Å². The molecule has 8 heteroatoms. The molecule has 1 unspecified atom stereocenters. The highest BCUT2D eigenvalue weighted by Crippen LogP contribution is 2.24. The van der Waals surface area contributed by atoms with Gasteiger partial charge in [-0.2, -0.15) is 11.3 Å². The molecule has 0 aliphatic rings. The van der Waals surface area contributed by atoms with Crippen LogP contribution in [-0.2, 0) is 0 Å². The van der Waals surface area contributed by atoms with Gasteiger partial charge in [-0.3, -0.25) is 10.1 Å². The fourth-order valence-corrected chi connectivity index (χ4v) is 2.48. The van der Waals surface area contributed by atoms with Crippen LogP contribution in [0.5, 0.6) is 0 Å². The van der Waals surface area contributed by atoms with Crippen molar-refractivity contribution in [1.29, 1.82) is 0 Å². The number of carboxylic acid groups (broad SMARTS) is 1. The summed E-state index contributed by atoms with van der Waals surface area (Å²) in [5.74, 6) is -1.36. The second-order valence-corrected chi connectivity index (χ2v) is 5.03. The van der Waals surface area contributed by atoms with Crippen LogP contribution in [0.4, 0.5) is 11.4 Å². The Balaban J connectivity index is 2.12. The van der Waals surface area contributed by atoms with E-state index >= 15 is 0 Å². The van der Waals surface area contributed by atoms with Crippen LogP contribution in [0.25, 0.3) is 0 Å². The first-order chi connectivity index (χ1) is 9.99. The number of rotatable bonds is 6. The van der Waals surface area contributed by atoms with Crippen molar-refractivity contribution in [1.82, 2.24) is 0 Å². The summed E-state index contributed by atoms with van der Waals surface area (Å²) in [6.45, 7) is 0.167. The Bertz CT molecular complexity index is 657. The van der Waals surface area contributed by atoms with Gasteiger partial charge >= 0.3 is 5.97 Å². The van der Waals surface area contributed by atoms with Crippen molar-refractivity contribution in [2.45, 2.75) is 6.10 Å². The summed E-state index contributed by atoms with van der Waals surface area (Å²) in [7, 11) is 0. The fourth-order valence-electron chi connectivity index (χ4n) is 1.77. The number of aromatic carboxylic acids is 1. The molecule has 7 nitrogen and oxygen atoms in total. The summed E-state index contributed by atoms with van der Waals surface area (Å²) in [6, 6.07) is 5.52. The highest BCUT2D eigenvalue weighted by molar-refractivity contribution is 7.07. The van der Waals surface area contributed by atoms with Crippen LogP contribution in [0.15, 0.2) is 35.0 Å². The summed E-state index contributed by atoms with van der Waals surface area (Å²) in [6.07, 6.45) is -0.741. The van der Waals surface area contributed by atoms with Crippen molar-refractivity contribution in [3.05, 3.63) is 56.3 Å². The zero-order valence-corrected chi connectivity index (χ0v) is 11.5. The van der Waals surface area contributed by atoms with E-state index in [2.05, 4.69) is 5.32 Å². The van der Waals surface area contributed by atoms with Crippen molar-refractivity contribution in [3.8, 4) is 0 Å². The van der Waals surface area contributed by atoms with Gasteiger partial charge in [-0.25, -0.2) is 4.79 Å². The lowest BCUT2D eigenvalue weighted by atomic mass is 10.1. The van der Waals surface area contributed by atoms with Crippen LogP contribution < -0.4 is 5.32 Å². The molecule has 110 valence electrons. The molecule has 1 aromatic heterocycles. The molecule has 0 aliphatic carbocycles. The summed E-state index contributed by atoms with van der Waals surface area (Å²) in [5.41, 5.74) is 0.270. The van der Waals surface area contributed by atoms with E-state index in [-0.39, 0.29) is 12.1 Å². The number of carbonyl (C=O) groups is 1. The molecule has 2 aromatic rings. The van der Waals surface area contributed by atoms with Crippen LogP contribution in [0.2, 0.25) is 0 Å². The molecule has 2 rings (SSSR count). The third-order valence-electron chi connectivity index (χ3n) is 2.85. The lowest BCUT2D eigenvalue weighted by Crippen LogP contribution is -2.12. The van der Waals surface area contributed by atoms with Crippen molar-refractivity contribution in [3.63, 3.8) is 0 Å². The molecule has 0 fully saturated rings. The summed E-state index contributed by atoms with van der Waals surface area (Å²) >= 11 is 1.46. The molecule has 0 bridgehead atoms. The fraction of sp³-hybridized carbons (Fsp3) is 0.154. The van der Waals surface area contributed by atoms with Crippen LogP contribution in [0.1, 0.15) is 22.0 Å². The number of thiophene rings is 1. The topological polar surface area (TPSA) is 113 Å². The summed E-state index contributed by atoms with van der Waals surface area (Å²) < 4.78 is 0. The molecule has 1 atom stereocenters. The molecule has 1 aromatic carbocycles. The third kappa shape index (κ3) is 3.56. The standard InChI is InChI=1S/C13H12N2O5S/c16-12(8-3-4-21-7-8)6-14-9-1-2-10(13(17)18)11(5-9)15(19)20/h1-5,7,12,14,16H,6H2,(H,17,18). The van der Waals surface area contributed by atoms with E-state index in [1.807, 2.05) is 10.8 Å². The number of anilines is 1. The van der Waals surface area contributed by atoms with E-state index in [4.69, 9.17) is 5.11 Å². The smallest absolute Gasteiger partial charge is 0.342 e. The zero-order chi connectivity index (χ0) is 15.4. The lowest BCUT2D eigenvalue weighted by molar-refractivity contribution is -0.385. The first-order valence-electron chi connectivity index (χ1n) is 5.95. The second-order valence-electron chi connectivity index (χ2n) is 4.25. The number of hydrogen-bond donors (Lipinski definition) is 3. The van der Waals surface area contributed by atoms with Crippen LogP contribution in [0.3, 0.4) is 0 Å². The number of nitro groups is 1. The Labute approximate surface area is 123 Å². The number of aliphatic hydroxyl groups is 1. The molecule has 0 saturated heterocycles. The van der Waals surface area contributed by atoms with E-state index < -0.39 is 22.7 Å². The second kappa shape index (κ2) is 6.33. The number of nitrogens with one attached hydrogen (secondary N) is 1. The first kappa shape index (κ1) is 14.9. The van der Waals surface area contributed by atoms with Crippen LogP contribution in [0, 0.1) is 10.1 Å². The molecule has 1 heterocycles. The van der Waals surface area contributed by atoms with Crippen molar-refractivity contribution in [2.24, 2.45) is 0 Å². The van der Waals surface area contributed by atoms with E-state index in [0.717, 1.165) is 11.6 Å². The third-order valence-corrected chi connectivity index (χ3v) is 3.55. The number of benzene rings is 1. The number of nitro benzene ring substituents is 1. The minimum Gasteiger partial charge on any atom is -0.477 e. The Morgan fingerprint density at radius 1 is 1.43 bits per heavy atom. The van der Waals surface area contributed by atoms with Crippen molar-refractivity contribution < 1.29 is 19.9 Å². The number of nitrogens with zero attached hydrogens (tertiary/aromatic N) is 1. The molecular weight excluding hydrogens is 296 g/mol. The maximum Gasteiger partial charge on any atom is 0.342 e. The van der Waals surface area contributed by atoms with Crippen LogP contribution in [-0.4, -0.2) is 27.7 Å². The summed E-state index contributed by atoms with van der Waals surface area (Å²) in [4.78, 5) is 21.0. The maximum atomic E-state index is 10.9. The van der Waals surface area contributed by atoms with E-state index in [9.17, 15) is 20.0 Å². The predicted octanol–water partition coefficient (Wildman–Crippen LogP) is 2.50. The average molecular weight is 308 g/mol. The molecule has 0 saturated carbocycles. The summed E-state index contributed by atoms with van der Waals surface area (Å²) in [5, 5.41) is 36.2. The van der Waals surface area contributed by atoms with E-state index in [1.54, 1.807) is 6.07 Å². The maximum absolute atomic E-state index is 10.9. The van der Waals surface area contributed by atoms with Gasteiger partial charge in [0.1, 0.15) is 5.56 Å². The van der Waals surface area contributed by atoms with Gasteiger partial charge in [-0.1, -0.05) is 0 Å². The van der Waals surface area contributed by atoms with Crippen molar-refractivity contribution in [2.75, 3.05) is 11.9 Å². The van der Waals surface area contributed by atoms with Gasteiger partial charge in [0.05, 0.1) is 11.0 Å². The normalized spacial score (nSPS) is 11.9. The highest BCUT2D eigenvalue weighted by Gasteiger charge is 2.20. The molecule has 0 aliphatic heterocycles. The molecule has 0 spiro atoms. The average Bonchev–Trinajstić information content (AvgIpc) is 2.98. The Morgan fingerprint density at radius 3 is 2.76 bits per heavy atom. The lowest BCUT2D eigenvalue weighted by Gasteiger charge is -2.12. The van der Waals surface area contributed by atoms with Gasteiger partial charge in [0, 0.05) is 18.3 Å². The van der Waals surface area contributed by atoms with Crippen molar-refractivity contribution >= 4 is 28.7 Å². The Hall–Kier alpha value is -2.45. The van der Waals surface area contributed by atoms with Crippen LogP contribution >= 0.6 is 11.3 Å². The molecule has 0 amide bonds. The van der Waals surface area contributed by atoms with Gasteiger partial charge in [-0.05, 0) is 34.5 Å². The Kier molecular flexibility index (Phi) is 4.51. The molecular formula is C13H12N2O5S. The number of carboxylic acids is 1. The number of hydrogen-bond acceptors (Lipinski definition) is 6. The zero-order valence-electron chi connectivity index (χ0n) is 10.7. The Morgan fingerprint density at radius 2 is 2.19 bits per heavy atom. The minimum absolute atomic E-state index is 0.167. The SMILES string of the molecule is O=C(O)c1ccc(NCC(O)c2ccsc2)cc1[N+](=O)[O-]. The quantitative estimate of drug-likeness (QED) is 0.558. The van der Waals surface area contributed by atoms with Gasteiger partial charge in [-0.15, -0.1) is 0 Å². The van der Waals surface area contributed by atoms with Gasteiger partial charge in [0.15, 0.2) is 0 Å². The number of aliphatic hydroxyl groups excluding tert-OH is 1. The van der Waals surface area contributed by atoms with Gasteiger partial charge in [0.2, 0.25) is 0 Å². The molecule has 3 N–H and O–H groups in total. The molecule has 0 radical (unpaired) electrons. The predicted molar refractivity (Wildman–Crippen MR) is 77.8 cm³/mol. The minimum atomic E-state index is -1.36. The largest absolute Gasteiger partial charge is 0.477 e. The monoisotopic (exact) mass is 308 g/mol. The highest BCUT2D eigenvalue weighted by atomic mass is 32.1.